The van der Waals surface area contributed by atoms with Gasteiger partial charge in [0.25, 0.3) is 0 Å². The molecule has 0 bridgehead atoms. The molecule has 11 nitrogen and oxygen atoms in total. The number of piperazine rings is 1. The summed E-state index contributed by atoms with van der Waals surface area (Å²) < 4.78 is 6.92. The van der Waals surface area contributed by atoms with Gasteiger partial charge >= 0.3 is 0 Å². The quantitative estimate of drug-likeness (QED) is 0.491. The zero-order valence-corrected chi connectivity index (χ0v) is 20.4. The summed E-state index contributed by atoms with van der Waals surface area (Å²) in [5, 5.41) is 15.0. The Bertz CT molecular complexity index is 1140. The fourth-order valence-electron chi connectivity index (χ4n) is 4.78. The third-order valence-electron chi connectivity index (χ3n) is 6.97. The molecule has 3 heterocycles. The Kier molecular flexibility index (Phi) is 7.05. The number of anilines is 1. The second kappa shape index (κ2) is 10.5. The summed E-state index contributed by atoms with van der Waals surface area (Å²) in [5.74, 6) is 1.47. The number of fused-ring (bicyclic) bond motifs is 1. The van der Waals surface area contributed by atoms with Crippen LogP contribution in [0.1, 0.15) is 19.3 Å². The van der Waals surface area contributed by atoms with Crippen LogP contribution in [-0.2, 0) is 4.79 Å². The summed E-state index contributed by atoms with van der Waals surface area (Å²) in [4.78, 5) is 26.5. The van der Waals surface area contributed by atoms with Crippen LogP contribution in [0.2, 0.25) is 0 Å². The van der Waals surface area contributed by atoms with Gasteiger partial charge in [0.1, 0.15) is 5.75 Å². The van der Waals surface area contributed by atoms with E-state index in [1.807, 2.05) is 24.3 Å². The monoisotopic (exact) mass is 479 g/mol. The van der Waals surface area contributed by atoms with Gasteiger partial charge in [-0.15, -0.1) is 5.10 Å². The summed E-state index contributed by atoms with van der Waals surface area (Å²) in [7, 11) is 3.79. The average Bonchev–Trinajstić information content (AvgIpc) is 3.52. The van der Waals surface area contributed by atoms with Crippen LogP contribution in [0.4, 0.5) is 5.95 Å². The molecule has 2 N–H and O–H groups in total. The highest BCUT2D eigenvalue weighted by Gasteiger charge is 2.30. The molecule has 2 fully saturated rings. The molecule has 0 radical (unpaired) electrons. The first-order valence-electron chi connectivity index (χ1n) is 12.3. The number of ether oxygens (including phenoxy) is 1. The van der Waals surface area contributed by atoms with Gasteiger partial charge in [0.05, 0.1) is 19.0 Å². The standard InChI is InChI=1S/C24H33N9O2/c1-31-11-13-32(14-12-31)10-9-25-23(34)17-3-4-18(15-17)27-24-26-16-21-22(28-24)33(30-29-21)19-5-7-20(35-2)8-6-19/h5-8,16-18H,3-4,9-15H2,1-2H3,(H,25,34)(H,26,27,28)/t17-,18?/m1/s1. The van der Waals surface area contributed by atoms with Crippen LogP contribution in [0.5, 0.6) is 5.75 Å². The van der Waals surface area contributed by atoms with Crippen LogP contribution < -0.4 is 15.4 Å². The van der Waals surface area contributed by atoms with Crippen molar-refractivity contribution >= 4 is 23.0 Å². The van der Waals surface area contributed by atoms with E-state index < -0.39 is 0 Å². The molecule has 1 aromatic carbocycles. The molecule has 35 heavy (non-hydrogen) atoms. The lowest BCUT2D eigenvalue weighted by molar-refractivity contribution is -0.124. The Morgan fingerprint density at radius 1 is 1.14 bits per heavy atom. The highest BCUT2D eigenvalue weighted by molar-refractivity contribution is 5.79. The number of carbonyl (C=O) groups excluding carboxylic acids is 1. The van der Waals surface area contributed by atoms with Gasteiger partial charge in [-0.1, -0.05) is 5.21 Å². The molecule has 1 aliphatic heterocycles. The van der Waals surface area contributed by atoms with Crippen molar-refractivity contribution in [2.45, 2.75) is 25.3 Å². The number of rotatable bonds is 8. The van der Waals surface area contributed by atoms with Crippen molar-refractivity contribution in [1.82, 2.24) is 40.1 Å². The largest absolute Gasteiger partial charge is 0.497 e. The summed E-state index contributed by atoms with van der Waals surface area (Å²) in [5.41, 5.74) is 2.09. The molecular weight excluding hydrogens is 446 g/mol. The maximum atomic E-state index is 12.7. The molecule has 3 aromatic rings. The number of aromatic nitrogens is 5. The lowest BCUT2D eigenvalue weighted by atomic mass is 10.1. The fraction of sp³-hybridized carbons (Fsp3) is 0.542. The van der Waals surface area contributed by atoms with Gasteiger partial charge in [0.15, 0.2) is 11.2 Å². The van der Waals surface area contributed by atoms with Gasteiger partial charge in [0.2, 0.25) is 11.9 Å². The number of likely N-dealkylation sites (N-methyl/N-ethyl adjacent to an activating group) is 1. The van der Waals surface area contributed by atoms with Gasteiger partial charge in [-0.3, -0.25) is 9.69 Å². The van der Waals surface area contributed by atoms with Crippen molar-refractivity contribution in [3.63, 3.8) is 0 Å². The number of carbonyl (C=O) groups is 1. The summed E-state index contributed by atoms with van der Waals surface area (Å²) in [6, 6.07) is 7.72. The van der Waals surface area contributed by atoms with Crippen molar-refractivity contribution in [3.8, 4) is 11.4 Å². The normalized spacial score (nSPS) is 21.3. The Hall–Kier alpha value is -3.31. The molecule has 5 rings (SSSR count). The molecule has 2 atom stereocenters. The SMILES string of the molecule is COc1ccc(-n2nnc3cnc(NC4CC[C@@H](C(=O)NCCN5CCN(C)CC5)C4)nc32)cc1. The van der Waals surface area contributed by atoms with Gasteiger partial charge in [-0.05, 0) is 50.6 Å². The van der Waals surface area contributed by atoms with E-state index >= 15 is 0 Å². The first-order chi connectivity index (χ1) is 17.1. The molecule has 1 unspecified atom stereocenters. The van der Waals surface area contributed by atoms with Crippen molar-refractivity contribution in [2.75, 3.05) is 58.7 Å². The van der Waals surface area contributed by atoms with Gasteiger partial charge < -0.3 is 20.3 Å². The Morgan fingerprint density at radius 2 is 1.94 bits per heavy atom. The third-order valence-corrected chi connectivity index (χ3v) is 6.97. The van der Waals surface area contributed by atoms with Gasteiger partial charge in [0, 0.05) is 51.2 Å². The maximum Gasteiger partial charge on any atom is 0.225 e. The lowest BCUT2D eigenvalue weighted by Crippen LogP contribution is -2.47. The second-order valence-corrected chi connectivity index (χ2v) is 9.39. The van der Waals surface area contributed by atoms with Crippen LogP contribution in [-0.4, -0.2) is 100 Å². The minimum absolute atomic E-state index is 0.0233. The minimum Gasteiger partial charge on any atom is -0.497 e. The van der Waals surface area contributed by atoms with E-state index in [0.717, 1.165) is 63.4 Å². The van der Waals surface area contributed by atoms with Crippen molar-refractivity contribution in [1.29, 1.82) is 0 Å². The van der Waals surface area contributed by atoms with E-state index in [4.69, 9.17) is 4.74 Å². The minimum atomic E-state index is 0.0233. The molecule has 1 saturated heterocycles. The summed E-state index contributed by atoms with van der Waals surface area (Å²) in [6.07, 6.45) is 4.23. The number of benzene rings is 1. The fourth-order valence-corrected chi connectivity index (χ4v) is 4.78. The second-order valence-electron chi connectivity index (χ2n) is 9.39. The summed E-state index contributed by atoms with van der Waals surface area (Å²) >= 11 is 0. The maximum absolute atomic E-state index is 12.7. The molecular formula is C24H33N9O2. The first kappa shape index (κ1) is 23.4. The Labute approximate surface area is 204 Å². The van der Waals surface area contributed by atoms with E-state index in [0.29, 0.717) is 23.7 Å². The van der Waals surface area contributed by atoms with Crippen molar-refractivity contribution in [2.24, 2.45) is 5.92 Å². The van der Waals surface area contributed by atoms with Crippen LogP contribution in [0.25, 0.3) is 16.9 Å². The molecule has 0 spiro atoms. The lowest BCUT2D eigenvalue weighted by Gasteiger charge is -2.32. The summed E-state index contributed by atoms with van der Waals surface area (Å²) in [6.45, 7) is 5.94. The first-order valence-corrected chi connectivity index (χ1v) is 12.3. The molecule has 1 amide bonds. The number of methoxy groups -OCH3 is 1. The van der Waals surface area contributed by atoms with E-state index in [1.54, 1.807) is 18.0 Å². The molecule has 2 aromatic heterocycles. The highest BCUT2D eigenvalue weighted by Crippen LogP contribution is 2.28. The van der Waals surface area contributed by atoms with Crippen LogP contribution in [0, 0.1) is 5.92 Å². The number of nitrogens with zero attached hydrogens (tertiary/aromatic N) is 7. The van der Waals surface area contributed by atoms with E-state index in [1.165, 1.54) is 0 Å². The third kappa shape index (κ3) is 5.51. The van der Waals surface area contributed by atoms with E-state index in [9.17, 15) is 4.79 Å². The number of amides is 1. The smallest absolute Gasteiger partial charge is 0.225 e. The number of nitrogens with one attached hydrogen (secondary N) is 2. The molecule has 11 heteroatoms. The topological polar surface area (TPSA) is 113 Å². The average molecular weight is 480 g/mol. The Balaban J connectivity index is 1.15. The zero-order valence-electron chi connectivity index (χ0n) is 20.4. The molecule has 1 saturated carbocycles. The van der Waals surface area contributed by atoms with Crippen molar-refractivity contribution < 1.29 is 9.53 Å². The Morgan fingerprint density at radius 3 is 2.71 bits per heavy atom. The molecule has 2 aliphatic rings. The van der Waals surface area contributed by atoms with Gasteiger partial charge in [-0.25, -0.2) is 4.98 Å². The predicted molar refractivity (Wildman–Crippen MR) is 133 cm³/mol. The highest BCUT2D eigenvalue weighted by atomic mass is 16.5. The van der Waals surface area contributed by atoms with E-state index in [2.05, 4.69) is 47.8 Å². The van der Waals surface area contributed by atoms with Crippen molar-refractivity contribution in [3.05, 3.63) is 30.5 Å². The molecule has 1 aliphatic carbocycles. The van der Waals surface area contributed by atoms with Crippen LogP contribution in [0.15, 0.2) is 30.5 Å². The van der Waals surface area contributed by atoms with E-state index in [-0.39, 0.29) is 17.9 Å². The van der Waals surface area contributed by atoms with Crippen LogP contribution in [0.3, 0.4) is 0 Å². The van der Waals surface area contributed by atoms with Gasteiger partial charge in [-0.2, -0.15) is 9.67 Å². The molecule has 186 valence electrons. The van der Waals surface area contributed by atoms with Crippen LogP contribution >= 0.6 is 0 Å². The zero-order chi connectivity index (χ0) is 24.2. The predicted octanol–water partition coefficient (Wildman–Crippen LogP) is 1.16. The number of hydrogen-bond acceptors (Lipinski definition) is 9. The number of hydrogen-bond donors (Lipinski definition) is 2.